The molecule has 0 atom stereocenters. The molecule has 5 nitrogen and oxygen atoms in total. The summed E-state index contributed by atoms with van der Waals surface area (Å²) in [4.78, 5) is 13.9. The highest BCUT2D eigenvalue weighted by atomic mass is 16.5. The number of benzene rings is 2. The Labute approximate surface area is 147 Å². The monoisotopic (exact) mass is 339 g/mol. The molecule has 3 aromatic rings. The number of hydrogen-bond acceptors (Lipinski definition) is 3. The maximum absolute atomic E-state index is 12.7. The topological polar surface area (TPSA) is 55.9 Å². The van der Waals surface area contributed by atoms with E-state index >= 15 is 0 Å². The minimum absolute atomic E-state index is 0.131. The van der Waals surface area contributed by atoms with Gasteiger partial charge < -0.3 is 19.3 Å². The summed E-state index contributed by atoms with van der Waals surface area (Å²) in [6, 6.07) is 15.0. The first-order valence-corrected chi connectivity index (χ1v) is 8.40. The van der Waals surface area contributed by atoms with Crippen molar-refractivity contribution in [2.45, 2.75) is 13.5 Å². The molecule has 0 aliphatic rings. The number of hydrogen-bond donors (Lipinski definition) is 2. The second kappa shape index (κ2) is 6.99. The van der Waals surface area contributed by atoms with Gasteiger partial charge in [0.15, 0.2) is 0 Å². The lowest BCUT2D eigenvalue weighted by Crippen LogP contribution is -3.04. The molecule has 25 heavy (non-hydrogen) atoms. The van der Waals surface area contributed by atoms with Gasteiger partial charge in [0.2, 0.25) is 0 Å². The molecule has 0 bridgehead atoms. The molecule has 130 valence electrons. The number of quaternary nitrogens is 1. The largest absolute Gasteiger partial charge is 0.508 e. The number of aromatic nitrogens is 1. The average Bonchev–Trinajstić information content (AvgIpc) is 2.88. The van der Waals surface area contributed by atoms with Crippen LogP contribution >= 0.6 is 0 Å². The highest BCUT2D eigenvalue weighted by molar-refractivity contribution is 6.07. The molecule has 0 spiro atoms. The Balaban J connectivity index is 2.38. The van der Waals surface area contributed by atoms with Gasteiger partial charge in [0.05, 0.1) is 37.5 Å². The Morgan fingerprint density at radius 1 is 1.16 bits per heavy atom. The van der Waals surface area contributed by atoms with Gasteiger partial charge in [-0.15, -0.1) is 0 Å². The van der Waals surface area contributed by atoms with Gasteiger partial charge in [-0.2, -0.15) is 0 Å². The molecular weight excluding hydrogens is 316 g/mol. The number of nitrogens with one attached hydrogen (secondary N) is 1. The van der Waals surface area contributed by atoms with Gasteiger partial charge in [0, 0.05) is 11.1 Å². The van der Waals surface area contributed by atoms with Crippen LogP contribution in [0.4, 0.5) is 0 Å². The molecule has 1 heterocycles. The summed E-state index contributed by atoms with van der Waals surface area (Å²) in [5.41, 5.74) is 3.26. The van der Waals surface area contributed by atoms with Crippen molar-refractivity contribution in [1.29, 1.82) is 0 Å². The molecule has 3 rings (SSSR count). The van der Waals surface area contributed by atoms with Crippen LogP contribution in [0.15, 0.2) is 48.5 Å². The minimum atomic E-state index is -0.357. The highest BCUT2D eigenvalue weighted by Gasteiger charge is 2.26. The third kappa shape index (κ3) is 3.23. The lowest BCUT2D eigenvalue weighted by Gasteiger charge is -2.14. The van der Waals surface area contributed by atoms with E-state index in [1.807, 2.05) is 50.5 Å². The van der Waals surface area contributed by atoms with Crippen molar-refractivity contribution in [3.05, 3.63) is 59.8 Å². The van der Waals surface area contributed by atoms with E-state index in [1.165, 1.54) is 4.90 Å². The van der Waals surface area contributed by atoms with Crippen molar-refractivity contribution in [2.75, 3.05) is 20.7 Å². The minimum Gasteiger partial charge on any atom is -0.508 e. The van der Waals surface area contributed by atoms with Crippen molar-refractivity contribution >= 4 is 16.9 Å². The normalized spacial score (nSPS) is 11.2. The van der Waals surface area contributed by atoms with Gasteiger partial charge >= 0.3 is 5.97 Å². The smallest absolute Gasteiger partial charge is 0.340 e. The van der Waals surface area contributed by atoms with E-state index in [9.17, 15) is 9.90 Å². The molecule has 0 saturated heterocycles. The van der Waals surface area contributed by atoms with Crippen LogP contribution < -0.4 is 4.90 Å². The van der Waals surface area contributed by atoms with Crippen LogP contribution in [0, 0.1) is 0 Å². The summed E-state index contributed by atoms with van der Waals surface area (Å²) in [6.07, 6.45) is 0. The second-order valence-electron chi connectivity index (χ2n) is 6.30. The number of phenols is 1. The standard InChI is InChI=1S/C20H22N2O3/c1-4-25-20(24)19-16-12-15(23)10-11-17(16)22(18(19)13-21(2)3)14-8-6-5-7-9-14/h5-12,23H,4,13H2,1-3H3/p+1. The molecule has 5 heteroatoms. The van der Waals surface area contributed by atoms with Gasteiger partial charge in [-0.05, 0) is 37.3 Å². The first-order valence-electron chi connectivity index (χ1n) is 8.40. The zero-order valence-electron chi connectivity index (χ0n) is 14.7. The van der Waals surface area contributed by atoms with Gasteiger partial charge in [0.1, 0.15) is 12.3 Å². The quantitative estimate of drug-likeness (QED) is 0.701. The van der Waals surface area contributed by atoms with Crippen LogP contribution in [-0.2, 0) is 11.3 Å². The number of para-hydroxylation sites is 1. The van der Waals surface area contributed by atoms with Crippen molar-refractivity contribution in [3.8, 4) is 11.4 Å². The molecule has 0 aliphatic carbocycles. The molecular formula is C20H23N2O3+. The number of esters is 1. The summed E-state index contributed by atoms with van der Waals surface area (Å²) in [7, 11) is 4.08. The maximum atomic E-state index is 12.7. The third-order valence-corrected chi connectivity index (χ3v) is 4.06. The van der Waals surface area contributed by atoms with Crippen LogP contribution in [0.1, 0.15) is 23.0 Å². The summed E-state index contributed by atoms with van der Waals surface area (Å²) >= 11 is 0. The van der Waals surface area contributed by atoms with Crippen molar-refractivity contribution in [1.82, 2.24) is 4.57 Å². The van der Waals surface area contributed by atoms with Crippen LogP contribution in [0.3, 0.4) is 0 Å². The van der Waals surface area contributed by atoms with Crippen LogP contribution in [0.5, 0.6) is 5.75 Å². The zero-order chi connectivity index (χ0) is 18.0. The Bertz CT molecular complexity index is 898. The van der Waals surface area contributed by atoms with Crippen LogP contribution in [0.2, 0.25) is 0 Å². The van der Waals surface area contributed by atoms with Crippen LogP contribution in [-0.4, -0.2) is 36.3 Å². The Kier molecular flexibility index (Phi) is 4.76. The first-order chi connectivity index (χ1) is 12.0. The predicted octanol–water partition coefficient (Wildman–Crippen LogP) is 2.16. The van der Waals surface area contributed by atoms with E-state index in [4.69, 9.17) is 4.74 Å². The number of aromatic hydroxyl groups is 1. The lowest BCUT2D eigenvalue weighted by molar-refractivity contribution is -0.873. The van der Waals surface area contributed by atoms with Gasteiger partial charge in [0.25, 0.3) is 0 Å². The van der Waals surface area contributed by atoms with Crippen molar-refractivity contribution in [2.24, 2.45) is 0 Å². The van der Waals surface area contributed by atoms with Gasteiger partial charge in [-0.25, -0.2) is 4.79 Å². The van der Waals surface area contributed by atoms with E-state index in [0.717, 1.165) is 16.9 Å². The van der Waals surface area contributed by atoms with Gasteiger partial charge in [-0.1, -0.05) is 18.2 Å². The van der Waals surface area contributed by atoms with Crippen molar-refractivity contribution < 1.29 is 19.5 Å². The third-order valence-electron chi connectivity index (χ3n) is 4.06. The highest BCUT2D eigenvalue weighted by Crippen LogP contribution is 2.32. The Morgan fingerprint density at radius 3 is 2.52 bits per heavy atom. The lowest BCUT2D eigenvalue weighted by atomic mass is 10.1. The Morgan fingerprint density at radius 2 is 1.88 bits per heavy atom. The molecule has 1 aromatic heterocycles. The molecule has 0 fully saturated rings. The number of carbonyl (C=O) groups excluding carboxylic acids is 1. The molecule has 0 radical (unpaired) electrons. The molecule has 0 saturated carbocycles. The van der Waals surface area contributed by atoms with E-state index < -0.39 is 0 Å². The predicted molar refractivity (Wildman–Crippen MR) is 97.4 cm³/mol. The first kappa shape index (κ1) is 17.0. The number of rotatable bonds is 5. The van der Waals surface area contributed by atoms with Crippen molar-refractivity contribution in [3.63, 3.8) is 0 Å². The fourth-order valence-electron chi connectivity index (χ4n) is 3.14. The summed E-state index contributed by atoms with van der Waals surface area (Å²) in [5.74, 6) is -0.226. The second-order valence-corrected chi connectivity index (χ2v) is 6.30. The fraction of sp³-hybridized carbons (Fsp3) is 0.250. The number of fused-ring (bicyclic) bond motifs is 1. The molecule has 2 N–H and O–H groups in total. The van der Waals surface area contributed by atoms with E-state index in [1.54, 1.807) is 19.1 Å². The Hall–Kier alpha value is -2.79. The number of carbonyl (C=O) groups is 1. The summed E-state index contributed by atoms with van der Waals surface area (Å²) in [6.45, 7) is 2.75. The molecule has 2 aromatic carbocycles. The number of nitrogens with zero attached hydrogens (tertiary/aromatic N) is 1. The number of ether oxygens (including phenoxy) is 1. The van der Waals surface area contributed by atoms with Crippen LogP contribution in [0.25, 0.3) is 16.6 Å². The zero-order valence-corrected chi connectivity index (χ0v) is 14.7. The molecule has 0 amide bonds. The number of phenolic OH excluding ortho intramolecular Hbond substituents is 1. The SMILES string of the molecule is CCOC(=O)c1c(C[NH+](C)C)n(-c2ccccc2)c2ccc(O)cc12. The van der Waals surface area contributed by atoms with Gasteiger partial charge in [-0.3, -0.25) is 0 Å². The fourth-order valence-corrected chi connectivity index (χ4v) is 3.14. The maximum Gasteiger partial charge on any atom is 0.340 e. The van der Waals surface area contributed by atoms with E-state index in [0.29, 0.717) is 24.1 Å². The average molecular weight is 339 g/mol. The molecule has 0 aliphatic heterocycles. The van der Waals surface area contributed by atoms with E-state index in [2.05, 4.69) is 4.57 Å². The molecule has 0 unspecified atom stereocenters. The summed E-state index contributed by atoms with van der Waals surface area (Å²) < 4.78 is 7.38. The van der Waals surface area contributed by atoms with E-state index in [-0.39, 0.29) is 11.7 Å². The summed E-state index contributed by atoms with van der Waals surface area (Å²) in [5, 5.41) is 10.7.